The number of hydrogen-bond donors (Lipinski definition) is 1. The molecule has 100 valence electrons. The number of alkyl halides is 5. The van der Waals surface area contributed by atoms with Crippen molar-refractivity contribution in [1.29, 1.82) is 0 Å². The minimum Gasteiger partial charge on any atom is -0.464 e. The second-order valence-electron chi connectivity index (χ2n) is 3.49. The second-order valence-corrected chi connectivity index (χ2v) is 3.49. The van der Waals surface area contributed by atoms with Crippen molar-refractivity contribution in [2.75, 3.05) is 0 Å². The number of halogens is 6. The third kappa shape index (κ3) is 2.90. The maximum atomic E-state index is 12.8. The molecule has 2 N–H and O–H groups in total. The van der Waals surface area contributed by atoms with Crippen LogP contribution in [0, 0.1) is 13.8 Å². The fraction of sp³-hybridized carbons (Fsp3) is 0.556. The van der Waals surface area contributed by atoms with Gasteiger partial charge in [0.05, 0.1) is 0 Å². The van der Waals surface area contributed by atoms with Gasteiger partial charge in [0.25, 0.3) is 0 Å². The van der Waals surface area contributed by atoms with Gasteiger partial charge in [-0.3, -0.25) is 0 Å². The summed E-state index contributed by atoms with van der Waals surface area (Å²) in [6.45, 7) is 2.98. The molecule has 0 aliphatic rings. The van der Waals surface area contributed by atoms with Gasteiger partial charge in [-0.2, -0.15) is 22.0 Å². The molecule has 0 amide bonds. The first kappa shape index (κ1) is 16.2. The maximum absolute atomic E-state index is 12.8. The first-order valence-corrected chi connectivity index (χ1v) is 4.34. The summed E-state index contributed by atoms with van der Waals surface area (Å²) in [5.74, 6) is -5.32. The molecule has 0 bridgehead atoms. The number of rotatable bonds is 2. The molecule has 0 saturated carbocycles. The molecule has 8 heteroatoms. The van der Waals surface area contributed by atoms with Gasteiger partial charge in [0.15, 0.2) is 0 Å². The van der Waals surface area contributed by atoms with Crippen LogP contribution in [0.25, 0.3) is 0 Å². The van der Waals surface area contributed by atoms with Crippen molar-refractivity contribution in [2.45, 2.75) is 32.0 Å². The summed E-state index contributed by atoms with van der Waals surface area (Å²) < 4.78 is 66.4. The van der Waals surface area contributed by atoms with E-state index in [0.717, 1.165) is 6.07 Å². The third-order valence-corrected chi connectivity index (χ3v) is 2.26. The highest BCUT2D eigenvalue weighted by molar-refractivity contribution is 5.85. The molecular formula is C9H11ClF5NO. The predicted molar refractivity (Wildman–Crippen MR) is 53.4 cm³/mol. The van der Waals surface area contributed by atoms with Crippen LogP contribution in [-0.4, -0.2) is 12.1 Å². The Morgan fingerprint density at radius 3 is 1.94 bits per heavy atom. The highest BCUT2D eigenvalue weighted by atomic mass is 35.5. The maximum Gasteiger partial charge on any atom is 0.455 e. The Kier molecular flexibility index (Phi) is 4.58. The van der Waals surface area contributed by atoms with E-state index in [1.54, 1.807) is 0 Å². The monoisotopic (exact) mass is 279 g/mol. The van der Waals surface area contributed by atoms with Crippen LogP contribution in [-0.2, 0) is 0 Å². The van der Waals surface area contributed by atoms with Crippen molar-refractivity contribution in [3.63, 3.8) is 0 Å². The van der Waals surface area contributed by atoms with Crippen LogP contribution in [0.1, 0.15) is 23.1 Å². The van der Waals surface area contributed by atoms with Crippen LogP contribution in [0.5, 0.6) is 0 Å². The fourth-order valence-electron chi connectivity index (χ4n) is 1.11. The summed E-state index contributed by atoms with van der Waals surface area (Å²) in [7, 11) is 0. The van der Waals surface area contributed by atoms with Gasteiger partial charge in [0.2, 0.25) is 0 Å². The van der Waals surface area contributed by atoms with Gasteiger partial charge < -0.3 is 10.2 Å². The van der Waals surface area contributed by atoms with Gasteiger partial charge in [-0.25, -0.2) is 0 Å². The zero-order valence-corrected chi connectivity index (χ0v) is 9.75. The van der Waals surface area contributed by atoms with Crippen molar-refractivity contribution >= 4 is 12.4 Å². The van der Waals surface area contributed by atoms with Crippen LogP contribution in [0.2, 0.25) is 0 Å². The number of furan rings is 1. The molecule has 1 aromatic heterocycles. The van der Waals surface area contributed by atoms with Crippen LogP contribution < -0.4 is 5.73 Å². The van der Waals surface area contributed by atoms with Crippen LogP contribution in [0.4, 0.5) is 22.0 Å². The van der Waals surface area contributed by atoms with Crippen molar-refractivity contribution in [3.8, 4) is 0 Å². The Bertz CT molecular complexity index is 368. The van der Waals surface area contributed by atoms with E-state index in [2.05, 4.69) is 0 Å². The normalized spacial score (nSPS) is 14.4. The molecule has 1 heterocycles. The number of hydrogen-bond acceptors (Lipinski definition) is 2. The van der Waals surface area contributed by atoms with E-state index in [1.807, 2.05) is 0 Å². The van der Waals surface area contributed by atoms with Gasteiger partial charge in [0, 0.05) is 0 Å². The minimum absolute atomic E-state index is 0. The van der Waals surface area contributed by atoms with Gasteiger partial charge in [-0.15, -0.1) is 12.4 Å². The zero-order valence-electron chi connectivity index (χ0n) is 8.94. The number of aryl methyl sites for hydroxylation is 2. The average Bonchev–Trinajstić information content (AvgIpc) is 2.43. The van der Waals surface area contributed by atoms with Crippen molar-refractivity contribution in [2.24, 2.45) is 5.73 Å². The smallest absolute Gasteiger partial charge is 0.455 e. The summed E-state index contributed by atoms with van der Waals surface area (Å²) in [4.78, 5) is 0. The molecule has 0 unspecified atom stereocenters. The largest absolute Gasteiger partial charge is 0.464 e. The molecule has 1 atom stereocenters. The van der Waals surface area contributed by atoms with Crippen molar-refractivity contribution < 1.29 is 26.4 Å². The second kappa shape index (κ2) is 4.81. The summed E-state index contributed by atoms with van der Waals surface area (Å²) in [6.07, 6.45) is -5.69. The molecule has 0 fully saturated rings. The molecule has 0 spiro atoms. The van der Waals surface area contributed by atoms with E-state index in [0.29, 0.717) is 5.56 Å². The highest BCUT2D eigenvalue weighted by Gasteiger charge is 2.62. The number of nitrogens with two attached hydrogens (primary N) is 1. The van der Waals surface area contributed by atoms with E-state index < -0.39 is 23.9 Å². The summed E-state index contributed by atoms with van der Waals surface area (Å²) in [5, 5.41) is 0. The molecule has 1 rings (SSSR count). The predicted octanol–water partition coefficient (Wildman–Crippen LogP) is 3.52. The van der Waals surface area contributed by atoms with Crippen LogP contribution in [0.3, 0.4) is 0 Å². The lowest BCUT2D eigenvalue weighted by Gasteiger charge is -2.24. The highest BCUT2D eigenvalue weighted by Crippen LogP contribution is 2.43. The Labute approximate surface area is 100 Å². The SMILES string of the molecule is Cc1cc([C@H](N)C(F)(F)C(F)(F)F)oc1C.Cl. The minimum atomic E-state index is -5.69. The Balaban J connectivity index is 0.00000256. The van der Waals surface area contributed by atoms with Gasteiger partial charge >= 0.3 is 12.1 Å². The Hall–Kier alpha value is -0.820. The fourth-order valence-corrected chi connectivity index (χ4v) is 1.11. The van der Waals surface area contributed by atoms with Crippen LogP contribution >= 0.6 is 12.4 Å². The quantitative estimate of drug-likeness (QED) is 0.841. The summed E-state index contributed by atoms with van der Waals surface area (Å²) in [5.41, 5.74) is 5.35. The third-order valence-electron chi connectivity index (χ3n) is 2.26. The molecule has 1 aromatic rings. The topological polar surface area (TPSA) is 39.2 Å². The van der Waals surface area contributed by atoms with Crippen molar-refractivity contribution in [3.05, 3.63) is 23.2 Å². The molecule has 2 nitrogen and oxygen atoms in total. The van der Waals surface area contributed by atoms with Gasteiger partial charge in [-0.05, 0) is 25.5 Å². The molecule has 0 aromatic carbocycles. The van der Waals surface area contributed by atoms with Crippen LogP contribution in [0.15, 0.2) is 10.5 Å². The van der Waals surface area contributed by atoms with E-state index in [9.17, 15) is 22.0 Å². The van der Waals surface area contributed by atoms with E-state index >= 15 is 0 Å². The average molecular weight is 280 g/mol. The molecule has 0 saturated heterocycles. The lowest BCUT2D eigenvalue weighted by atomic mass is 10.1. The molecule has 17 heavy (non-hydrogen) atoms. The zero-order chi connectivity index (χ0) is 12.7. The Morgan fingerprint density at radius 2 is 1.65 bits per heavy atom. The van der Waals surface area contributed by atoms with E-state index in [1.165, 1.54) is 13.8 Å². The lowest BCUT2D eigenvalue weighted by Crippen LogP contribution is -2.45. The summed E-state index contributed by atoms with van der Waals surface area (Å²) >= 11 is 0. The molecular weight excluding hydrogens is 269 g/mol. The first-order valence-electron chi connectivity index (χ1n) is 4.34. The Morgan fingerprint density at radius 1 is 1.18 bits per heavy atom. The summed E-state index contributed by atoms with van der Waals surface area (Å²) in [6, 6.07) is -1.44. The first-order chi connectivity index (χ1) is 7.07. The van der Waals surface area contributed by atoms with Gasteiger partial charge in [0.1, 0.15) is 17.6 Å². The van der Waals surface area contributed by atoms with Crippen molar-refractivity contribution in [1.82, 2.24) is 0 Å². The molecule has 0 radical (unpaired) electrons. The van der Waals surface area contributed by atoms with E-state index in [4.69, 9.17) is 10.2 Å². The van der Waals surface area contributed by atoms with E-state index in [-0.39, 0.29) is 18.2 Å². The van der Waals surface area contributed by atoms with Gasteiger partial charge in [-0.1, -0.05) is 0 Å². The molecule has 0 aliphatic heterocycles. The molecule has 0 aliphatic carbocycles. The standard InChI is InChI=1S/C9H10F5NO.ClH/c1-4-3-6(16-5(4)2)7(15)8(10,11)9(12,13)14;/h3,7H,15H2,1-2H3;1H/t7-;/m0./s1. The lowest BCUT2D eigenvalue weighted by molar-refractivity contribution is -0.292.